The van der Waals surface area contributed by atoms with Gasteiger partial charge in [-0.05, 0) is 24.6 Å². The maximum atomic E-state index is 12.4. The van der Waals surface area contributed by atoms with Crippen LogP contribution in [0.5, 0.6) is 0 Å². The Morgan fingerprint density at radius 3 is 3.27 bits per heavy atom. The molecule has 0 saturated carbocycles. The van der Waals surface area contributed by atoms with E-state index in [1.54, 1.807) is 6.20 Å². The van der Waals surface area contributed by atoms with Crippen molar-refractivity contribution in [3.63, 3.8) is 0 Å². The van der Waals surface area contributed by atoms with Gasteiger partial charge in [0, 0.05) is 43.9 Å². The van der Waals surface area contributed by atoms with Gasteiger partial charge in [-0.3, -0.25) is 4.79 Å². The average Bonchev–Trinajstić information content (AvgIpc) is 3.10. The lowest BCUT2D eigenvalue weighted by molar-refractivity contribution is -0.120. The number of carbonyl (C=O) groups excluding carboxylic acids is 1. The van der Waals surface area contributed by atoms with E-state index in [1.165, 1.54) is 0 Å². The molecule has 4 rings (SSSR count). The van der Waals surface area contributed by atoms with E-state index in [2.05, 4.69) is 19.9 Å². The molecule has 112 valence electrons. The van der Waals surface area contributed by atoms with Crippen molar-refractivity contribution in [1.82, 2.24) is 14.5 Å². The quantitative estimate of drug-likeness (QED) is 0.788. The van der Waals surface area contributed by atoms with Crippen LogP contribution >= 0.6 is 0 Å². The van der Waals surface area contributed by atoms with Crippen molar-refractivity contribution < 1.29 is 9.21 Å². The summed E-state index contributed by atoms with van der Waals surface area (Å²) in [4.78, 5) is 21.0. The van der Waals surface area contributed by atoms with Crippen LogP contribution in [0.2, 0.25) is 0 Å². The number of nitrogens with one attached hydrogen (secondary N) is 1. The molecule has 1 aromatic carbocycles. The van der Waals surface area contributed by atoms with Crippen LogP contribution in [0.25, 0.3) is 11.1 Å². The van der Waals surface area contributed by atoms with Gasteiger partial charge in [-0.25, -0.2) is 9.97 Å². The monoisotopic (exact) mass is 296 g/mol. The summed E-state index contributed by atoms with van der Waals surface area (Å²) < 4.78 is 7.54. The summed E-state index contributed by atoms with van der Waals surface area (Å²) in [6.45, 7) is 2.65. The number of rotatable bonds is 2. The van der Waals surface area contributed by atoms with E-state index in [-0.39, 0.29) is 11.8 Å². The smallest absolute Gasteiger partial charge is 0.228 e. The largest absolute Gasteiger partial charge is 0.441 e. The maximum absolute atomic E-state index is 12.4. The normalized spacial score (nSPS) is 17.4. The fourth-order valence-corrected chi connectivity index (χ4v) is 2.94. The Bertz CT molecular complexity index is 849. The van der Waals surface area contributed by atoms with E-state index in [0.717, 1.165) is 35.6 Å². The SMILES string of the molecule is Cc1nc2cc(NC(=O)C3CCn4ccnc4C3)ccc2o1. The number of carbonyl (C=O) groups is 1. The van der Waals surface area contributed by atoms with Crippen molar-refractivity contribution in [1.29, 1.82) is 0 Å². The summed E-state index contributed by atoms with van der Waals surface area (Å²) in [5.74, 6) is 1.60. The summed E-state index contributed by atoms with van der Waals surface area (Å²) in [7, 11) is 0. The molecule has 22 heavy (non-hydrogen) atoms. The van der Waals surface area contributed by atoms with E-state index in [1.807, 2.05) is 31.3 Å². The van der Waals surface area contributed by atoms with Crippen LogP contribution < -0.4 is 5.32 Å². The molecule has 0 radical (unpaired) electrons. The number of anilines is 1. The fraction of sp³-hybridized carbons (Fsp3) is 0.312. The number of hydrogen-bond acceptors (Lipinski definition) is 4. The van der Waals surface area contributed by atoms with Crippen LogP contribution in [0.3, 0.4) is 0 Å². The molecule has 0 saturated heterocycles. The minimum Gasteiger partial charge on any atom is -0.441 e. The van der Waals surface area contributed by atoms with Gasteiger partial charge in [0.15, 0.2) is 11.5 Å². The average molecular weight is 296 g/mol. The Morgan fingerprint density at radius 1 is 1.45 bits per heavy atom. The van der Waals surface area contributed by atoms with E-state index in [4.69, 9.17) is 4.42 Å². The second-order valence-corrected chi connectivity index (χ2v) is 5.63. The third-order valence-corrected chi connectivity index (χ3v) is 4.08. The van der Waals surface area contributed by atoms with Crippen LogP contribution in [-0.2, 0) is 17.8 Å². The highest BCUT2D eigenvalue weighted by molar-refractivity contribution is 5.94. The van der Waals surface area contributed by atoms with E-state index < -0.39 is 0 Å². The van der Waals surface area contributed by atoms with Crippen LogP contribution in [-0.4, -0.2) is 20.4 Å². The van der Waals surface area contributed by atoms with E-state index in [0.29, 0.717) is 12.3 Å². The highest BCUT2D eigenvalue weighted by atomic mass is 16.3. The summed E-state index contributed by atoms with van der Waals surface area (Å²) in [5.41, 5.74) is 2.24. The van der Waals surface area contributed by atoms with Gasteiger partial charge < -0.3 is 14.3 Å². The second kappa shape index (κ2) is 4.98. The number of benzene rings is 1. The van der Waals surface area contributed by atoms with Crippen molar-refractivity contribution >= 4 is 22.7 Å². The molecule has 6 heteroatoms. The summed E-state index contributed by atoms with van der Waals surface area (Å²) in [6, 6.07) is 5.51. The molecular weight excluding hydrogens is 280 g/mol. The molecule has 2 aromatic heterocycles. The Morgan fingerprint density at radius 2 is 2.36 bits per heavy atom. The van der Waals surface area contributed by atoms with Crippen LogP contribution in [0.15, 0.2) is 35.0 Å². The zero-order valence-corrected chi connectivity index (χ0v) is 12.2. The lowest BCUT2D eigenvalue weighted by Gasteiger charge is -2.22. The standard InChI is InChI=1S/C16H16N4O2/c1-10-18-13-9-12(2-3-14(13)22-10)19-16(21)11-4-6-20-7-5-17-15(20)8-11/h2-3,5,7,9,11H,4,6,8H2,1H3,(H,19,21). The van der Waals surface area contributed by atoms with Crippen LogP contribution in [0.1, 0.15) is 18.1 Å². The minimum atomic E-state index is -0.0374. The fourth-order valence-electron chi connectivity index (χ4n) is 2.94. The molecule has 1 N–H and O–H groups in total. The van der Waals surface area contributed by atoms with Crippen LogP contribution in [0, 0.1) is 12.8 Å². The third-order valence-electron chi connectivity index (χ3n) is 4.08. The first-order chi connectivity index (χ1) is 10.7. The first kappa shape index (κ1) is 13.1. The Labute approximate surface area is 127 Å². The molecule has 1 aliphatic heterocycles. The molecule has 3 heterocycles. The third kappa shape index (κ3) is 2.26. The molecule has 1 unspecified atom stereocenters. The summed E-state index contributed by atoms with van der Waals surface area (Å²) >= 11 is 0. The highest BCUT2D eigenvalue weighted by Crippen LogP contribution is 2.23. The molecule has 0 fully saturated rings. The first-order valence-corrected chi connectivity index (χ1v) is 7.37. The number of oxazole rings is 1. The lowest BCUT2D eigenvalue weighted by Crippen LogP contribution is -2.30. The molecule has 0 bridgehead atoms. The first-order valence-electron chi connectivity index (χ1n) is 7.37. The molecular formula is C16H16N4O2. The number of imidazole rings is 1. The zero-order chi connectivity index (χ0) is 15.1. The molecule has 3 aromatic rings. The number of aryl methyl sites for hydroxylation is 2. The predicted molar refractivity (Wildman–Crippen MR) is 81.4 cm³/mol. The summed E-state index contributed by atoms with van der Waals surface area (Å²) in [5, 5.41) is 2.98. The van der Waals surface area contributed by atoms with E-state index >= 15 is 0 Å². The highest BCUT2D eigenvalue weighted by Gasteiger charge is 2.25. The molecule has 0 aliphatic carbocycles. The van der Waals surface area contributed by atoms with Crippen molar-refractivity contribution in [2.75, 3.05) is 5.32 Å². The molecule has 6 nitrogen and oxygen atoms in total. The number of fused-ring (bicyclic) bond motifs is 2. The maximum Gasteiger partial charge on any atom is 0.228 e. The van der Waals surface area contributed by atoms with Crippen molar-refractivity contribution in [3.8, 4) is 0 Å². The van der Waals surface area contributed by atoms with Gasteiger partial charge in [0.1, 0.15) is 11.3 Å². The van der Waals surface area contributed by atoms with Gasteiger partial charge in [-0.2, -0.15) is 0 Å². The Hall–Kier alpha value is -2.63. The molecule has 1 atom stereocenters. The topological polar surface area (TPSA) is 73.0 Å². The van der Waals surface area contributed by atoms with Gasteiger partial charge in [0.25, 0.3) is 0 Å². The van der Waals surface area contributed by atoms with Gasteiger partial charge in [0.05, 0.1) is 0 Å². The molecule has 1 aliphatic rings. The van der Waals surface area contributed by atoms with Crippen molar-refractivity contribution in [3.05, 3.63) is 42.3 Å². The molecule has 1 amide bonds. The van der Waals surface area contributed by atoms with E-state index in [9.17, 15) is 4.79 Å². The Kier molecular flexibility index (Phi) is 2.96. The predicted octanol–water partition coefficient (Wildman–Crippen LogP) is 2.53. The summed E-state index contributed by atoms with van der Waals surface area (Å²) in [6.07, 6.45) is 5.27. The van der Waals surface area contributed by atoms with Gasteiger partial charge in [-0.15, -0.1) is 0 Å². The lowest BCUT2D eigenvalue weighted by atomic mass is 9.97. The Balaban J connectivity index is 1.51. The molecule has 0 spiro atoms. The van der Waals surface area contributed by atoms with Gasteiger partial charge in [-0.1, -0.05) is 0 Å². The van der Waals surface area contributed by atoms with Gasteiger partial charge >= 0.3 is 0 Å². The van der Waals surface area contributed by atoms with Gasteiger partial charge in [0.2, 0.25) is 5.91 Å². The van der Waals surface area contributed by atoms with Crippen LogP contribution in [0.4, 0.5) is 5.69 Å². The van der Waals surface area contributed by atoms with Crippen molar-refractivity contribution in [2.45, 2.75) is 26.3 Å². The number of amides is 1. The van der Waals surface area contributed by atoms with Crippen molar-refractivity contribution in [2.24, 2.45) is 5.92 Å². The number of nitrogens with zero attached hydrogens (tertiary/aromatic N) is 3. The number of aromatic nitrogens is 3. The zero-order valence-electron chi connectivity index (χ0n) is 12.2. The second-order valence-electron chi connectivity index (χ2n) is 5.63. The number of hydrogen-bond donors (Lipinski definition) is 1. The minimum absolute atomic E-state index is 0.0359.